The van der Waals surface area contributed by atoms with Gasteiger partial charge in [0.2, 0.25) is 0 Å². The minimum atomic E-state index is -1.10. The lowest BCUT2D eigenvalue weighted by Gasteiger charge is -2.64. The van der Waals surface area contributed by atoms with Crippen LogP contribution in [0.25, 0.3) is 0 Å². The maximum atomic E-state index is 14.4. The first-order valence-electron chi connectivity index (χ1n) is 21.2. The topological polar surface area (TPSA) is 138 Å². The van der Waals surface area contributed by atoms with E-state index in [2.05, 4.69) is 39.1 Å². The molecule has 8 heteroatoms. The number of nitrogens with one attached hydrogen (secondary N) is 1. The molecule has 0 bridgehead atoms. The summed E-state index contributed by atoms with van der Waals surface area (Å²) in [6, 6.07) is 0. The molecule has 0 aromatic heterocycles. The average molecular weight is 721 g/mol. The third-order valence-corrected chi connectivity index (χ3v) is 17.2. The molecule has 5 aliphatic carbocycles. The van der Waals surface area contributed by atoms with Crippen molar-refractivity contribution in [2.45, 2.75) is 172 Å². The van der Waals surface area contributed by atoms with Crippen molar-refractivity contribution in [1.82, 2.24) is 5.32 Å². The zero-order valence-electron chi connectivity index (χ0n) is 32.7. The first-order chi connectivity index (χ1) is 24.6. The first kappa shape index (κ1) is 37.2. The number of hydrogen-bond donors (Lipinski definition) is 5. The Bertz CT molecular complexity index is 1510. The van der Waals surface area contributed by atoms with Gasteiger partial charge in [-0.3, -0.25) is 4.79 Å². The maximum absolute atomic E-state index is 14.4. The number of carbonyl (C=O) groups is 1. The summed E-state index contributed by atoms with van der Waals surface area (Å²) in [6.07, 6.45) is 20.0. The fraction of sp³-hybridized carbons (Fsp3) is 0.841. The van der Waals surface area contributed by atoms with Gasteiger partial charge in [-0.1, -0.05) is 53.0 Å². The maximum Gasteiger partial charge on any atom is 0.159 e. The number of ketones is 1. The predicted molar refractivity (Wildman–Crippen MR) is 202 cm³/mol. The first-order valence-corrected chi connectivity index (χ1v) is 21.2. The highest BCUT2D eigenvalue weighted by Crippen LogP contribution is 2.72. The van der Waals surface area contributed by atoms with E-state index in [1.807, 2.05) is 19.1 Å². The lowest BCUT2D eigenvalue weighted by molar-refractivity contribution is -0.197. The highest BCUT2D eigenvalue weighted by molar-refractivity contribution is 5.95. The van der Waals surface area contributed by atoms with Crippen LogP contribution in [-0.2, 0) is 14.3 Å². The Morgan fingerprint density at radius 2 is 1.77 bits per heavy atom. The van der Waals surface area contributed by atoms with Gasteiger partial charge in [-0.15, -0.1) is 0 Å². The van der Waals surface area contributed by atoms with Crippen molar-refractivity contribution in [2.24, 2.45) is 51.6 Å². The second kappa shape index (κ2) is 12.9. The standard InChI is InChI=1S/C44H68N2O6/c1-27-16-22-51-43(26-27,38-37(52-38)41(5,49)39(2,3)17-11-28-15-21-46-36(45)23-28)35-14-20-44(50)32-25-34(48)33-24-30(47)12-19-42(33,29-9-7-6-8-10-29)31(32)13-18-40(35,44)4/h15,23,25,27,29-31,33,35,37-38,46-47,49-50H,6-14,16-22,24,26,45H2,1-5H3. The number of allylic oxidation sites excluding steroid dienone is 3. The Balaban J connectivity index is 1.10. The molecule has 0 amide bonds. The molecule has 4 saturated carbocycles. The van der Waals surface area contributed by atoms with Crippen molar-refractivity contribution in [3.63, 3.8) is 0 Å². The Morgan fingerprint density at radius 3 is 2.50 bits per heavy atom. The van der Waals surface area contributed by atoms with Crippen LogP contribution in [0.5, 0.6) is 0 Å². The van der Waals surface area contributed by atoms with Gasteiger partial charge in [-0.05, 0) is 148 Å². The summed E-state index contributed by atoms with van der Waals surface area (Å²) >= 11 is 0. The van der Waals surface area contributed by atoms with Gasteiger partial charge in [-0.25, -0.2) is 0 Å². The Morgan fingerprint density at radius 1 is 1.00 bits per heavy atom. The number of carbonyl (C=O) groups excluding carboxylic acids is 1. The van der Waals surface area contributed by atoms with Crippen LogP contribution in [-0.4, -0.2) is 69.4 Å². The van der Waals surface area contributed by atoms with Crippen LogP contribution in [0.4, 0.5) is 0 Å². The number of nitrogens with two attached hydrogens (primary N) is 1. The van der Waals surface area contributed by atoms with Gasteiger partial charge in [0.25, 0.3) is 0 Å². The average Bonchev–Trinajstić information content (AvgIpc) is 3.88. The highest BCUT2D eigenvalue weighted by Gasteiger charge is 2.75. The largest absolute Gasteiger partial charge is 0.393 e. The fourth-order valence-electron chi connectivity index (χ4n) is 13.8. The second-order valence-electron chi connectivity index (χ2n) is 20.1. The molecule has 8 nitrogen and oxygen atoms in total. The molecule has 0 aromatic carbocycles. The molecular formula is C44H68N2O6. The van der Waals surface area contributed by atoms with E-state index in [1.165, 1.54) is 24.8 Å². The summed E-state index contributed by atoms with van der Waals surface area (Å²) in [5.74, 6) is 1.82. The van der Waals surface area contributed by atoms with Crippen LogP contribution in [0, 0.1) is 45.8 Å². The molecule has 0 spiro atoms. The van der Waals surface area contributed by atoms with Gasteiger partial charge in [0.1, 0.15) is 17.8 Å². The minimum absolute atomic E-state index is 0.0307. The molecule has 2 saturated heterocycles. The van der Waals surface area contributed by atoms with Crippen molar-refractivity contribution in [2.75, 3.05) is 13.2 Å². The van der Waals surface area contributed by atoms with Crippen molar-refractivity contribution in [3.05, 3.63) is 35.2 Å². The molecule has 3 heterocycles. The van der Waals surface area contributed by atoms with E-state index in [9.17, 15) is 20.1 Å². The summed E-state index contributed by atoms with van der Waals surface area (Å²) in [5.41, 5.74) is 4.34. The van der Waals surface area contributed by atoms with Crippen molar-refractivity contribution < 1.29 is 29.6 Å². The zero-order valence-corrected chi connectivity index (χ0v) is 32.7. The number of dihydropyridines is 1. The van der Waals surface area contributed by atoms with Gasteiger partial charge >= 0.3 is 0 Å². The number of fused-ring (bicyclic) bond motifs is 5. The van der Waals surface area contributed by atoms with Gasteiger partial charge in [-0.2, -0.15) is 0 Å². The van der Waals surface area contributed by atoms with Gasteiger partial charge in [0.15, 0.2) is 5.78 Å². The third-order valence-electron chi connectivity index (χ3n) is 17.2. The number of epoxide rings is 1. The van der Waals surface area contributed by atoms with Crippen LogP contribution in [0.3, 0.4) is 0 Å². The monoisotopic (exact) mass is 721 g/mol. The normalized spacial score (nSPS) is 46.4. The van der Waals surface area contributed by atoms with Gasteiger partial charge in [0.05, 0.1) is 23.1 Å². The van der Waals surface area contributed by atoms with E-state index < -0.39 is 33.7 Å². The molecule has 12 unspecified atom stereocenters. The molecule has 6 N–H and O–H groups in total. The van der Waals surface area contributed by atoms with Crippen LogP contribution in [0.2, 0.25) is 0 Å². The molecule has 0 radical (unpaired) electrons. The number of ether oxygens (including phenoxy) is 2. The van der Waals surface area contributed by atoms with Crippen LogP contribution in [0.15, 0.2) is 35.2 Å². The molecule has 3 aliphatic heterocycles. The summed E-state index contributed by atoms with van der Waals surface area (Å²) in [6.45, 7) is 12.3. The van der Waals surface area contributed by atoms with Crippen LogP contribution >= 0.6 is 0 Å². The number of aliphatic hydroxyl groups excluding tert-OH is 1. The van der Waals surface area contributed by atoms with Crippen molar-refractivity contribution in [3.8, 4) is 0 Å². The lowest BCUT2D eigenvalue weighted by atomic mass is 9.41. The molecule has 290 valence electrons. The summed E-state index contributed by atoms with van der Waals surface area (Å²) in [4.78, 5) is 14.4. The van der Waals surface area contributed by atoms with Gasteiger partial charge in [0, 0.05) is 24.5 Å². The Labute approximate surface area is 312 Å². The predicted octanol–water partition coefficient (Wildman–Crippen LogP) is 6.62. The third kappa shape index (κ3) is 5.49. The lowest BCUT2D eigenvalue weighted by Crippen LogP contribution is -2.64. The van der Waals surface area contributed by atoms with Crippen molar-refractivity contribution in [1.29, 1.82) is 0 Å². The molecule has 52 heavy (non-hydrogen) atoms. The van der Waals surface area contributed by atoms with Crippen molar-refractivity contribution >= 4 is 5.78 Å². The minimum Gasteiger partial charge on any atom is -0.393 e. The quantitative estimate of drug-likeness (QED) is 0.177. The SMILES string of the molecule is CC1CCOC(C2OC2C(C)(O)C(C)(C)CCC2=CCNC(N)=C2)(C2CCC3(O)C4=CC(=O)C5CC(O)CCC5(C5CCCCC5)C4CCC23C)C1. The second-order valence-corrected chi connectivity index (χ2v) is 20.1. The highest BCUT2D eigenvalue weighted by atomic mass is 16.6. The van der Waals surface area contributed by atoms with E-state index in [4.69, 9.17) is 15.2 Å². The van der Waals surface area contributed by atoms with E-state index >= 15 is 0 Å². The molecular weight excluding hydrogens is 652 g/mol. The number of hydrogen-bond acceptors (Lipinski definition) is 8. The van der Waals surface area contributed by atoms with E-state index in [-0.39, 0.29) is 41.2 Å². The molecule has 6 fully saturated rings. The summed E-state index contributed by atoms with van der Waals surface area (Å²) in [5, 5.41) is 39.8. The zero-order chi connectivity index (χ0) is 36.9. The molecule has 8 rings (SSSR count). The van der Waals surface area contributed by atoms with Gasteiger partial charge < -0.3 is 35.8 Å². The fourth-order valence-corrected chi connectivity index (χ4v) is 13.8. The molecule has 12 atom stereocenters. The summed E-state index contributed by atoms with van der Waals surface area (Å²) in [7, 11) is 0. The Kier molecular flexibility index (Phi) is 9.26. The Hall–Kier alpha value is -1.71. The van der Waals surface area contributed by atoms with E-state index in [0.29, 0.717) is 37.1 Å². The number of rotatable bonds is 8. The van der Waals surface area contributed by atoms with Crippen LogP contribution in [0.1, 0.15) is 137 Å². The number of aliphatic hydroxyl groups is 3. The molecule has 8 aliphatic rings. The smallest absolute Gasteiger partial charge is 0.159 e. The molecule has 0 aromatic rings. The van der Waals surface area contributed by atoms with Crippen LogP contribution < -0.4 is 11.1 Å². The van der Waals surface area contributed by atoms with E-state index in [0.717, 1.165) is 82.7 Å². The summed E-state index contributed by atoms with van der Waals surface area (Å²) < 4.78 is 13.8. The van der Waals surface area contributed by atoms with E-state index in [1.54, 1.807) is 0 Å².